The number of nitrogens with two attached hydrogens (primary N) is 3. The number of H-pyrrole nitrogens is 1. The number of hydrogen-bond donors (Lipinski definition) is 9. The molecule has 0 bridgehead atoms. The number of amides is 3. The smallest absolute Gasteiger partial charge is 0.326 e. The maximum Gasteiger partial charge on any atom is 0.326 e. The average Bonchev–Trinajstić information content (AvgIpc) is 3.46. The number of nitrogens with one attached hydrogen (secondary N) is 4. The molecule has 0 radical (unpaired) electrons. The van der Waals surface area contributed by atoms with Gasteiger partial charge in [0.25, 0.3) is 0 Å². The summed E-state index contributed by atoms with van der Waals surface area (Å²) in [6, 6.07) is 1.63. The number of rotatable bonds is 18. The fourth-order valence-corrected chi connectivity index (χ4v) is 4.35. The van der Waals surface area contributed by atoms with Crippen molar-refractivity contribution in [2.24, 2.45) is 22.2 Å². The largest absolute Gasteiger partial charge is 0.508 e. The standard InChI is InChI=1S/C26H39N9O6S/c1-42-10-8-18(27)22(37)34-20(11-15-4-6-17(36)7-5-15)23(38)35-21(12-16-13-30-14-32-16)24(39)33-19(25(40)41)3-2-9-31-26(28)29/h4-7,13-14,18-21,36H,2-3,8-12,27H2,1H3,(H,30,32)(H,33,39)(H,34,37)(H,35,38)(H,40,41)(H4,28,29,31). The third-order valence-corrected chi connectivity index (χ3v) is 6.79. The van der Waals surface area contributed by atoms with Crippen molar-refractivity contribution in [2.45, 2.75) is 56.3 Å². The number of carbonyl (C=O) groups is 4. The zero-order valence-electron chi connectivity index (χ0n) is 23.3. The van der Waals surface area contributed by atoms with Gasteiger partial charge >= 0.3 is 5.97 Å². The number of aromatic nitrogens is 2. The number of aromatic hydroxyl groups is 1. The van der Waals surface area contributed by atoms with Crippen molar-refractivity contribution in [1.29, 1.82) is 0 Å². The first-order valence-corrected chi connectivity index (χ1v) is 14.6. The molecule has 4 atom stereocenters. The fraction of sp³-hybridized carbons (Fsp3) is 0.462. The van der Waals surface area contributed by atoms with Crippen LogP contribution in [0.1, 0.15) is 30.5 Å². The van der Waals surface area contributed by atoms with E-state index in [1.165, 1.54) is 36.4 Å². The molecule has 0 saturated heterocycles. The minimum Gasteiger partial charge on any atom is -0.508 e. The molecule has 2 aromatic rings. The first kappa shape index (κ1) is 33.9. The summed E-state index contributed by atoms with van der Waals surface area (Å²) >= 11 is 1.53. The van der Waals surface area contributed by atoms with Gasteiger partial charge in [-0.2, -0.15) is 11.8 Å². The Morgan fingerprint density at radius 1 is 0.976 bits per heavy atom. The van der Waals surface area contributed by atoms with Crippen LogP contribution in [0.4, 0.5) is 0 Å². The first-order chi connectivity index (χ1) is 20.0. The van der Waals surface area contributed by atoms with E-state index in [9.17, 15) is 29.4 Å². The molecule has 42 heavy (non-hydrogen) atoms. The lowest BCUT2D eigenvalue weighted by Crippen LogP contribution is -2.58. The summed E-state index contributed by atoms with van der Waals surface area (Å²) in [5, 5.41) is 27.1. The molecule has 1 heterocycles. The number of carbonyl (C=O) groups excluding carboxylic acids is 3. The van der Waals surface area contributed by atoms with Crippen LogP contribution in [0.3, 0.4) is 0 Å². The maximum absolute atomic E-state index is 13.5. The van der Waals surface area contributed by atoms with Crippen LogP contribution in [-0.4, -0.2) is 92.6 Å². The topological polar surface area (TPSA) is 264 Å². The Bertz CT molecular complexity index is 1190. The second-order valence-corrected chi connectivity index (χ2v) is 10.5. The van der Waals surface area contributed by atoms with Crippen LogP contribution in [0, 0.1) is 0 Å². The zero-order chi connectivity index (χ0) is 31.1. The second-order valence-electron chi connectivity index (χ2n) is 9.51. The summed E-state index contributed by atoms with van der Waals surface area (Å²) in [5.74, 6) is -2.70. The quantitative estimate of drug-likeness (QED) is 0.0540. The van der Waals surface area contributed by atoms with Crippen LogP contribution in [0.25, 0.3) is 0 Å². The third kappa shape index (κ3) is 12.1. The van der Waals surface area contributed by atoms with Gasteiger partial charge in [-0.3, -0.25) is 19.4 Å². The molecule has 0 saturated carbocycles. The summed E-state index contributed by atoms with van der Waals surface area (Å²) in [6.45, 7) is 0.175. The molecule has 230 valence electrons. The van der Waals surface area contributed by atoms with Crippen LogP contribution in [-0.2, 0) is 32.0 Å². The highest BCUT2D eigenvalue weighted by Crippen LogP contribution is 2.12. The van der Waals surface area contributed by atoms with Crippen molar-refractivity contribution in [2.75, 3.05) is 18.6 Å². The van der Waals surface area contributed by atoms with Gasteiger partial charge in [-0.1, -0.05) is 12.1 Å². The number of carboxylic acid groups (broad SMARTS) is 1. The molecule has 16 heteroatoms. The van der Waals surface area contributed by atoms with Gasteiger partial charge in [0.2, 0.25) is 17.7 Å². The van der Waals surface area contributed by atoms with E-state index in [1.807, 2.05) is 6.26 Å². The van der Waals surface area contributed by atoms with Crippen LogP contribution < -0.4 is 33.2 Å². The van der Waals surface area contributed by atoms with Crippen LogP contribution in [0.5, 0.6) is 5.75 Å². The van der Waals surface area contributed by atoms with E-state index < -0.39 is 47.9 Å². The number of thioether (sulfide) groups is 1. The van der Waals surface area contributed by atoms with Crippen LogP contribution >= 0.6 is 11.8 Å². The summed E-state index contributed by atoms with van der Waals surface area (Å²) in [4.78, 5) is 62.1. The minimum absolute atomic E-state index is 0.0328. The lowest BCUT2D eigenvalue weighted by Gasteiger charge is -2.25. The van der Waals surface area contributed by atoms with E-state index in [2.05, 4.69) is 30.9 Å². The Morgan fingerprint density at radius 2 is 1.60 bits per heavy atom. The summed E-state index contributed by atoms with van der Waals surface area (Å²) < 4.78 is 0. The lowest BCUT2D eigenvalue weighted by molar-refractivity contribution is -0.142. The monoisotopic (exact) mass is 605 g/mol. The van der Waals surface area contributed by atoms with Gasteiger partial charge in [0.05, 0.1) is 12.4 Å². The lowest BCUT2D eigenvalue weighted by atomic mass is 10.0. The molecule has 12 N–H and O–H groups in total. The number of carboxylic acids is 1. The van der Waals surface area contributed by atoms with Gasteiger partial charge in [0, 0.05) is 31.3 Å². The van der Waals surface area contributed by atoms with E-state index in [4.69, 9.17) is 17.2 Å². The number of aliphatic carboxylic acids is 1. The van der Waals surface area contributed by atoms with Crippen LogP contribution in [0.15, 0.2) is 41.8 Å². The number of phenols is 1. The molecular formula is C26H39N9O6S. The molecule has 0 aliphatic rings. The summed E-state index contributed by atoms with van der Waals surface area (Å²) in [6.07, 6.45) is 5.47. The van der Waals surface area contributed by atoms with Crippen molar-refractivity contribution < 1.29 is 29.4 Å². The molecular weight excluding hydrogens is 566 g/mol. The minimum atomic E-state index is -1.27. The van der Waals surface area contributed by atoms with E-state index >= 15 is 0 Å². The Morgan fingerprint density at radius 3 is 2.17 bits per heavy atom. The van der Waals surface area contributed by atoms with E-state index in [0.717, 1.165) is 0 Å². The van der Waals surface area contributed by atoms with E-state index in [1.54, 1.807) is 12.1 Å². The number of aliphatic imine (C=N–C) groups is 1. The van der Waals surface area contributed by atoms with Crippen molar-refractivity contribution in [3.8, 4) is 5.75 Å². The number of hydrogen-bond acceptors (Lipinski definition) is 9. The Labute approximate surface area is 247 Å². The molecule has 4 unspecified atom stereocenters. The molecule has 0 fully saturated rings. The van der Waals surface area contributed by atoms with Gasteiger partial charge in [-0.15, -0.1) is 0 Å². The first-order valence-electron chi connectivity index (χ1n) is 13.2. The molecule has 2 rings (SSSR count). The van der Waals surface area contributed by atoms with Gasteiger partial charge in [-0.05, 0) is 49.0 Å². The number of guanidine groups is 1. The Balaban J connectivity index is 2.24. The van der Waals surface area contributed by atoms with Crippen molar-refractivity contribution in [1.82, 2.24) is 25.9 Å². The van der Waals surface area contributed by atoms with E-state index in [0.29, 0.717) is 23.4 Å². The third-order valence-electron chi connectivity index (χ3n) is 6.15. The maximum atomic E-state index is 13.5. The highest BCUT2D eigenvalue weighted by atomic mass is 32.2. The normalized spacial score (nSPS) is 13.7. The highest BCUT2D eigenvalue weighted by molar-refractivity contribution is 7.98. The Kier molecular flexibility index (Phi) is 14.1. The fourth-order valence-electron chi connectivity index (χ4n) is 3.86. The molecule has 1 aromatic heterocycles. The molecule has 0 spiro atoms. The zero-order valence-corrected chi connectivity index (χ0v) is 24.1. The Hall–Kier alpha value is -4.31. The predicted molar refractivity (Wildman–Crippen MR) is 158 cm³/mol. The van der Waals surface area contributed by atoms with E-state index in [-0.39, 0.29) is 43.9 Å². The molecule has 0 aliphatic carbocycles. The van der Waals surface area contributed by atoms with Crippen molar-refractivity contribution in [3.63, 3.8) is 0 Å². The van der Waals surface area contributed by atoms with Crippen molar-refractivity contribution >= 4 is 41.4 Å². The number of aromatic amines is 1. The molecule has 15 nitrogen and oxygen atoms in total. The van der Waals surface area contributed by atoms with Gasteiger partial charge < -0.3 is 48.3 Å². The SMILES string of the molecule is CSCCC(N)C(=O)NC(Cc1ccc(O)cc1)C(=O)NC(Cc1cnc[nH]1)C(=O)NC(CCCN=C(N)N)C(=O)O. The van der Waals surface area contributed by atoms with Gasteiger partial charge in [0.15, 0.2) is 5.96 Å². The summed E-state index contributed by atoms with van der Waals surface area (Å²) in [5.41, 5.74) is 17.7. The van der Waals surface area contributed by atoms with Crippen molar-refractivity contribution in [3.05, 3.63) is 48.0 Å². The molecule has 0 aliphatic heterocycles. The summed E-state index contributed by atoms with van der Waals surface area (Å²) in [7, 11) is 0. The van der Waals surface area contributed by atoms with Gasteiger partial charge in [-0.25, -0.2) is 9.78 Å². The molecule has 1 aromatic carbocycles. The average molecular weight is 606 g/mol. The van der Waals surface area contributed by atoms with Gasteiger partial charge in [0.1, 0.15) is 23.9 Å². The second kappa shape index (κ2) is 17.5. The van der Waals surface area contributed by atoms with Crippen LogP contribution in [0.2, 0.25) is 0 Å². The predicted octanol–water partition coefficient (Wildman–Crippen LogP) is -1.43. The number of imidazole rings is 1. The number of benzene rings is 1. The number of nitrogens with zero attached hydrogens (tertiary/aromatic N) is 2. The molecule has 3 amide bonds. The number of phenolic OH excluding ortho intramolecular Hbond substituents is 1. The highest BCUT2D eigenvalue weighted by Gasteiger charge is 2.31.